The highest BCUT2D eigenvalue weighted by Crippen LogP contribution is 2.40. The van der Waals surface area contributed by atoms with Gasteiger partial charge in [-0.2, -0.15) is 26.3 Å². The molecular weight excluding hydrogens is 757 g/mol. The topological polar surface area (TPSA) is 127 Å². The van der Waals surface area contributed by atoms with Crippen molar-refractivity contribution in [2.24, 2.45) is 0 Å². The molecule has 2 saturated heterocycles. The highest BCUT2D eigenvalue weighted by molar-refractivity contribution is 8.26. The van der Waals surface area contributed by atoms with Gasteiger partial charge in [-0.05, 0) is 65.7 Å². The molecule has 5 rings (SSSR count). The zero-order valence-electron chi connectivity index (χ0n) is 27.5. The molecule has 2 fully saturated rings. The lowest BCUT2D eigenvalue weighted by molar-refractivity contribution is -0.143. The van der Waals surface area contributed by atoms with Gasteiger partial charge in [0, 0.05) is 25.2 Å². The number of alkyl halides is 6. The van der Waals surface area contributed by atoms with E-state index in [1.165, 1.54) is 43.5 Å². The summed E-state index contributed by atoms with van der Waals surface area (Å²) < 4.78 is 104. The Morgan fingerprint density at radius 2 is 1.60 bits per heavy atom. The van der Waals surface area contributed by atoms with Crippen molar-refractivity contribution in [2.75, 3.05) is 53.1 Å². The van der Waals surface area contributed by atoms with Gasteiger partial charge in [0.05, 0.1) is 41.9 Å². The molecule has 0 aliphatic carbocycles. The van der Waals surface area contributed by atoms with Crippen molar-refractivity contribution in [3.63, 3.8) is 0 Å². The summed E-state index contributed by atoms with van der Waals surface area (Å²) in [5.41, 5.74) is -0.760. The minimum absolute atomic E-state index is 0.00278. The Morgan fingerprint density at radius 3 is 2.23 bits per heavy atom. The first-order valence-corrected chi connectivity index (χ1v) is 16.8. The van der Waals surface area contributed by atoms with E-state index in [-0.39, 0.29) is 61.4 Å². The van der Waals surface area contributed by atoms with Crippen LogP contribution >= 0.6 is 24.0 Å². The van der Waals surface area contributed by atoms with Crippen LogP contribution in [-0.2, 0) is 26.7 Å². The Kier molecular flexibility index (Phi) is 12.3. The fourth-order valence-electron chi connectivity index (χ4n) is 5.14. The molecule has 0 bridgehead atoms. The zero-order valence-corrected chi connectivity index (χ0v) is 29.1. The second kappa shape index (κ2) is 16.5. The molecule has 3 aromatic carbocycles. The summed E-state index contributed by atoms with van der Waals surface area (Å²) in [6.07, 6.45) is -8.79. The van der Waals surface area contributed by atoms with E-state index < -0.39 is 47.9 Å². The zero-order chi connectivity index (χ0) is 38.5. The molecule has 3 aromatic rings. The number of esters is 1. The number of carboxylic acids is 1. The number of carbonyl (C=O) groups excluding carboxylic acids is 2. The monoisotopic (exact) mass is 785 g/mol. The van der Waals surface area contributed by atoms with Crippen LogP contribution in [0.5, 0.6) is 17.2 Å². The maximum atomic E-state index is 13.6. The smallest absolute Gasteiger partial charge is 0.416 e. The summed E-state index contributed by atoms with van der Waals surface area (Å²) in [5.74, 6) is -2.77. The molecule has 2 heterocycles. The van der Waals surface area contributed by atoms with E-state index >= 15 is 0 Å². The summed E-state index contributed by atoms with van der Waals surface area (Å²) in [5, 5.41) is 10.1. The van der Waals surface area contributed by atoms with Crippen LogP contribution < -0.4 is 19.6 Å². The molecule has 0 atom stereocenters. The fraction of sp³-hybridized carbons (Fsp3) is 0.294. The van der Waals surface area contributed by atoms with E-state index in [4.69, 9.17) is 31.2 Å². The van der Waals surface area contributed by atoms with Gasteiger partial charge >= 0.3 is 24.3 Å². The largest absolute Gasteiger partial charge is 0.493 e. The number of hydrazine groups is 1. The number of morpholine rings is 1. The quantitative estimate of drug-likeness (QED) is 0.0723. The fourth-order valence-corrected chi connectivity index (χ4v) is 6.34. The van der Waals surface area contributed by atoms with Gasteiger partial charge in [0.25, 0.3) is 5.91 Å². The van der Waals surface area contributed by atoms with Crippen molar-refractivity contribution in [2.45, 2.75) is 12.4 Å². The van der Waals surface area contributed by atoms with Crippen LogP contribution in [-0.4, -0.2) is 90.3 Å². The minimum atomic E-state index is -5.06. The first-order chi connectivity index (χ1) is 25.0. The van der Waals surface area contributed by atoms with Gasteiger partial charge in [-0.25, -0.2) is 15.2 Å². The first kappa shape index (κ1) is 39.5. The Morgan fingerprint density at radius 1 is 0.943 bits per heavy atom. The number of thioether (sulfide) groups is 1. The number of thiocarbonyl (C=S) groups is 1. The van der Waals surface area contributed by atoms with E-state index in [1.54, 1.807) is 0 Å². The van der Waals surface area contributed by atoms with Gasteiger partial charge in [-0.1, -0.05) is 30.0 Å². The second-order valence-corrected chi connectivity index (χ2v) is 13.0. The lowest BCUT2D eigenvalue weighted by atomic mass is 9.97. The molecule has 0 spiro atoms. The Hall–Kier alpha value is -4.69. The maximum Gasteiger partial charge on any atom is 0.416 e. The van der Waals surface area contributed by atoms with Gasteiger partial charge in [0.1, 0.15) is 18.9 Å². The third kappa shape index (κ3) is 10.0. The SMILES string of the molecule is COc1cc(C(=O)O)ccc1OC(=O)CNN1C(=O)C(=Cc2cc(-c3cc(C(F)(F)F)cc(C(F)(F)F)c3)ccc2OCCN2CCOCC2)SC1=S. The number of nitrogens with zero attached hydrogens (tertiary/aromatic N) is 2. The first-order valence-electron chi connectivity index (χ1n) is 15.5. The van der Waals surface area contributed by atoms with Gasteiger partial charge in [-0.15, -0.1) is 0 Å². The third-order valence-corrected chi connectivity index (χ3v) is 9.10. The number of ether oxygens (including phenoxy) is 4. The van der Waals surface area contributed by atoms with Crippen LogP contribution in [0.3, 0.4) is 0 Å². The van der Waals surface area contributed by atoms with Gasteiger partial charge < -0.3 is 24.1 Å². The number of hydrogen-bond acceptors (Lipinski definition) is 11. The number of aromatic carboxylic acids is 1. The minimum Gasteiger partial charge on any atom is -0.493 e. The number of hydrogen-bond donors (Lipinski definition) is 2. The van der Waals surface area contributed by atoms with E-state index in [2.05, 4.69) is 10.3 Å². The normalized spacial score (nSPS) is 16.3. The molecule has 0 unspecified atom stereocenters. The lowest BCUT2D eigenvalue weighted by Crippen LogP contribution is -2.44. The summed E-state index contributed by atoms with van der Waals surface area (Å²) in [4.78, 5) is 39.4. The highest BCUT2D eigenvalue weighted by Gasteiger charge is 2.37. The van der Waals surface area contributed by atoms with Crippen molar-refractivity contribution in [1.29, 1.82) is 0 Å². The van der Waals surface area contributed by atoms with Crippen LogP contribution in [0, 0.1) is 0 Å². The average Bonchev–Trinajstić information content (AvgIpc) is 3.38. The molecule has 2 aliphatic rings. The van der Waals surface area contributed by atoms with E-state index in [1.807, 2.05) is 0 Å². The van der Waals surface area contributed by atoms with Gasteiger partial charge in [0.15, 0.2) is 15.8 Å². The molecule has 2 aliphatic heterocycles. The van der Waals surface area contributed by atoms with E-state index in [9.17, 15) is 45.8 Å². The maximum absolute atomic E-state index is 13.6. The van der Waals surface area contributed by atoms with Crippen molar-refractivity contribution in [3.05, 3.63) is 81.8 Å². The number of methoxy groups -OCH3 is 1. The van der Waals surface area contributed by atoms with Crippen LogP contribution in [0.15, 0.2) is 59.5 Å². The van der Waals surface area contributed by atoms with E-state index in [0.29, 0.717) is 45.0 Å². The van der Waals surface area contributed by atoms with Gasteiger partial charge in [0.2, 0.25) is 0 Å². The summed E-state index contributed by atoms with van der Waals surface area (Å²) >= 11 is 6.14. The number of benzene rings is 3. The second-order valence-electron chi connectivity index (χ2n) is 11.3. The Bertz CT molecular complexity index is 1900. The van der Waals surface area contributed by atoms with Crippen LogP contribution in [0.25, 0.3) is 17.2 Å². The molecule has 19 heteroatoms. The van der Waals surface area contributed by atoms with Crippen LogP contribution in [0.2, 0.25) is 0 Å². The summed E-state index contributed by atoms with van der Waals surface area (Å²) in [6, 6.07) is 8.83. The third-order valence-electron chi connectivity index (χ3n) is 7.80. The van der Waals surface area contributed by atoms with Crippen molar-refractivity contribution in [3.8, 4) is 28.4 Å². The molecular formula is C34H29F6N3O8S2. The van der Waals surface area contributed by atoms with Crippen LogP contribution in [0.1, 0.15) is 27.0 Å². The number of amides is 1. The predicted octanol–water partition coefficient (Wildman–Crippen LogP) is 6.12. The molecule has 0 saturated carbocycles. The molecule has 0 aromatic heterocycles. The molecule has 282 valence electrons. The molecule has 2 N–H and O–H groups in total. The Labute approximate surface area is 307 Å². The van der Waals surface area contributed by atoms with Crippen molar-refractivity contribution in [1.82, 2.24) is 15.3 Å². The molecule has 11 nitrogen and oxygen atoms in total. The molecule has 1 amide bonds. The summed E-state index contributed by atoms with van der Waals surface area (Å²) in [6.45, 7) is 2.49. The van der Waals surface area contributed by atoms with Crippen LogP contribution in [0.4, 0.5) is 26.3 Å². The molecule has 0 radical (unpaired) electrons. The number of halogens is 6. The predicted molar refractivity (Wildman–Crippen MR) is 183 cm³/mol. The molecule has 53 heavy (non-hydrogen) atoms. The van der Waals surface area contributed by atoms with Crippen molar-refractivity contribution >= 4 is 52.2 Å². The Balaban J connectivity index is 1.39. The highest BCUT2D eigenvalue weighted by atomic mass is 32.2. The number of carbonyl (C=O) groups is 3. The number of carboxylic acid groups (broad SMARTS) is 1. The number of nitrogens with one attached hydrogen (secondary N) is 1. The number of rotatable bonds is 12. The van der Waals surface area contributed by atoms with Gasteiger partial charge in [-0.3, -0.25) is 14.5 Å². The van der Waals surface area contributed by atoms with E-state index in [0.717, 1.165) is 22.8 Å². The lowest BCUT2D eigenvalue weighted by Gasteiger charge is -2.26. The summed E-state index contributed by atoms with van der Waals surface area (Å²) in [7, 11) is 1.25. The average molecular weight is 786 g/mol. The van der Waals surface area contributed by atoms with Crippen molar-refractivity contribution < 1.29 is 64.8 Å². The standard InChI is InChI=1S/C34H29F6N3O8S2/c1-48-27-15-20(31(46)47)3-5-26(27)51-29(44)18-41-43-30(45)28(53-32(43)52)16-22-12-19(2-4-25(22)50-11-8-42-6-9-49-10-7-42)21-13-23(33(35,36)37)17-24(14-21)34(38,39)40/h2-5,12-17,41H,6-11,18H2,1H3,(H,46,47).